The van der Waals surface area contributed by atoms with Crippen molar-refractivity contribution in [2.45, 2.75) is 45.6 Å². The van der Waals surface area contributed by atoms with Crippen LogP contribution in [0.25, 0.3) is 0 Å². The van der Waals surface area contributed by atoms with Crippen molar-refractivity contribution in [2.75, 3.05) is 32.7 Å². The molecule has 1 unspecified atom stereocenters. The summed E-state index contributed by atoms with van der Waals surface area (Å²) < 4.78 is 0. The number of aliphatic carboxylic acids is 2. The summed E-state index contributed by atoms with van der Waals surface area (Å²) in [5.41, 5.74) is 4.68. The molecule has 2 fully saturated rings. The van der Waals surface area contributed by atoms with Gasteiger partial charge in [-0.05, 0) is 92.7 Å². The average molecular weight is 496 g/mol. The number of hydrogen-bond donors (Lipinski definition) is 5. The molecule has 0 aromatic heterocycles. The predicted octanol–water partition coefficient (Wildman–Crippen LogP) is 3.22. The van der Waals surface area contributed by atoms with Crippen molar-refractivity contribution < 1.29 is 19.8 Å². The van der Waals surface area contributed by atoms with Crippen LogP contribution in [0.3, 0.4) is 0 Å². The lowest BCUT2D eigenvalue weighted by atomic mass is 9.81. The van der Waals surface area contributed by atoms with Gasteiger partial charge in [-0.3, -0.25) is 9.59 Å². The van der Waals surface area contributed by atoms with Crippen molar-refractivity contribution in [3.63, 3.8) is 0 Å². The van der Waals surface area contributed by atoms with Crippen molar-refractivity contribution in [2.24, 2.45) is 29.6 Å². The summed E-state index contributed by atoms with van der Waals surface area (Å²) in [6, 6.07) is 8.25. The van der Waals surface area contributed by atoms with E-state index in [1.807, 2.05) is 12.1 Å². The Morgan fingerprint density at radius 2 is 1.61 bits per heavy atom. The van der Waals surface area contributed by atoms with Crippen LogP contribution in [-0.2, 0) is 22.6 Å². The van der Waals surface area contributed by atoms with Crippen LogP contribution in [0.15, 0.2) is 47.6 Å². The lowest BCUT2D eigenvalue weighted by Crippen LogP contribution is -2.27. The minimum atomic E-state index is -0.706. The summed E-state index contributed by atoms with van der Waals surface area (Å²) in [4.78, 5) is 23.8. The molecule has 4 rings (SSSR count). The fourth-order valence-corrected chi connectivity index (χ4v) is 6.17. The minimum absolute atomic E-state index is 0.191. The number of allylic oxidation sites excluding steroid dienone is 2. The quantitative estimate of drug-likeness (QED) is 0.303. The summed E-state index contributed by atoms with van der Waals surface area (Å²) in [5, 5.41) is 29.7. The first kappa shape index (κ1) is 26.6. The van der Waals surface area contributed by atoms with Gasteiger partial charge in [-0.25, -0.2) is 0 Å². The van der Waals surface area contributed by atoms with E-state index in [0.717, 1.165) is 63.1 Å². The van der Waals surface area contributed by atoms with Crippen LogP contribution < -0.4 is 16.0 Å². The van der Waals surface area contributed by atoms with Gasteiger partial charge < -0.3 is 26.2 Å². The maximum atomic E-state index is 11.9. The van der Waals surface area contributed by atoms with Crippen LogP contribution in [0.2, 0.25) is 0 Å². The number of carboxylic acids is 2. The number of nitrogens with one attached hydrogen (secondary N) is 3. The number of rotatable bonds is 12. The molecule has 0 amide bonds. The summed E-state index contributed by atoms with van der Waals surface area (Å²) in [6.45, 7) is 7.03. The molecule has 0 spiro atoms. The van der Waals surface area contributed by atoms with E-state index in [0.29, 0.717) is 25.3 Å². The van der Waals surface area contributed by atoms with Crippen LogP contribution in [0, 0.1) is 29.6 Å². The van der Waals surface area contributed by atoms with Crippen molar-refractivity contribution in [3.8, 4) is 0 Å². The Morgan fingerprint density at radius 3 is 2.22 bits per heavy atom. The summed E-state index contributed by atoms with van der Waals surface area (Å²) in [7, 11) is 0. The topological polar surface area (TPSA) is 111 Å². The van der Waals surface area contributed by atoms with Gasteiger partial charge in [-0.1, -0.05) is 48.9 Å². The lowest BCUT2D eigenvalue weighted by Gasteiger charge is -2.24. The lowest BCUT2D eigenvalue weighted by molar-refractivity contribution is -0.144. The second-order valence-electron chi connectivity index (χ2n) is 11.0. The second kappa shape index (κ2) is 12.7. The van der Waals surface area contributed by atoms with Gasteiger partial charge in [-0.15, -0.1) is 0 Å². The molecule has 5 atom stereocenters. The molecule has 7 heteroatoms. The standard InChI is InChI=1S/C29H41N3O4/c1-19-9-22(14-27(29(35)36)25-6-8-31-18-25)12-23(10-19)16-32-15-21-4-2-3-20(11-21)13-26(28(33)34)24-5-7-30-17-24/h2-4,10-12,19,24-27,30-32H,5-9,13-18H2,1H3,(H,33,34)(H,35,36)/t19?,24-,25-,26-,27-/m0/s1. The molecule has 1 aromatic carbocycles. The smallest absolute Gasteiger partial charge is 0.307 e. The Labute approximate surface area is 214 Å². The maximum Gasteiger partial charge on any atom is 0.307 e. The highest BCUT2D eigenvalue weighted by Gasteiger charge is 2.32. The zero-order valence-corrected chi connectivity index (χ0v) is 21.3. The third kappa shape index (κ3) is 7.28. The van der Waals surface area contributed by atoms with Crippen LogP contribution in [0.5, 0.6) is 0 Å². The van der Waals surface area contributed by atoms with Gasteiger partial charge in [0.25, 0.3) is 0 Å². The Hall–Kier alpha value is -2.48. The first-order chi connectivity index (χ1) is 17.4. The summed E-state index contributed by atoms with van der Waals surface area (Å²) in [6.07, 6.45) is 8.47. The van der Waals surface area contributed by atoms with E-state index in [-0.39, 0.29) is 23.7 Å². The molecule has 7 nitrogen and oxygen atoms in total. The van der Waals surface area contributed by atoms with E-state index in [1.54, 1.807) is 0 Å². The predicted molar refractivity (Wildman–Crippen MR) is 141 cm³/mol. The van der Waals surface area contributed by atoms with E-state index >= 15 is 0 Å². The highest BCUT2D eigenvalue weighted by Crippen LogP contribution is 2.32. The molecule has 196 valence electrons. The van der Waals surface area contributed by atoms with E-state index in [4.69, 9.17) is 0 Å². The van der Waals surface area contributed by atoms with E-state index in [9.17, 15) is 19.8 Å². The fourth-order valence-electron chi connectivity index (χ4n) is 6.17. The van der Waals surface area contributed by atoms with Gasteiger partial charge in [0, 0.05) is 13.1 Å². The van der Waals surface area contributed by atoms with Gasteiger partial charge in [0.15, 0.2) is 0 Å². The zero-order chi connectivity index (χ0) is 25.5. The Balaban J connectivity index is 1.32. The van der Waals surface area contributed by atoms with E-state index in [2.05, 4.69) is 47.2 Å². The molecule has 36 heavy (non-hydrogen) atoms. The molecule has 2 heterocycles. The number of carbonyl (C=O) groups is 2. The maximum absolute atomic E-state index is 11.9. The number of hydrogen-bond acceptors (Lipinski definition) is 5. The van der Waals surface area contributed by atoms with Crippen molar-refractivity contribution in [1.29, 1.82) is 0 Å². The molecule has 2 saturated heterocycles. The van der Waals surface area contributed by atoms with E-state index < -0.39 is 11.9 Å². The van der Waals surface area contributed by atoms with Gasteiger partial charge in [0.1, 0.15) is 0 Å². The van der Waals surface area contributed by atoms with Crippen LogP contribution in [0.1, 0.15) is 43.7 Å². The molecule has 5 N–H and O–H groups in total. The fraction of sp³-hybridized carbons (Fsp3) is 0.586. The zero-order valence-electron chi connectivity index (χ0n) is 21.3. The third-order valence-corrected chi connectivity index (χ3v) is 8.03. The van der Waals surface area contributed by atoms with Gasteiger partial charge in [0.05, 0.1) is 11.8 Å². The highest BCUT2D eigenvalue weighted by atomic mass is 16.4. The molecule has 3 aliphatic rings. The van der Waals surface area contributed by atoms with Gasteiger partial charge in [0.2, 0.25) is 0 Å². The molecule has 0 saturated carbocycles. The first-order valence-corrected chi connectivity index (χ1v) is 13.4. The first-order valence-electron chi connectivity index (χ1n) is 13.4. The Bertz CT molecular complexity index is 976. The Morgan fingerprint density at radius 1 is 0.972 bits per heavy atom. The SMILES string of the molecule is CC1C=C(CNCc2cccc(C[C@H](C(=O)O)[C@H]3CCNC3)c2)C=C(C[C@H](C(=O)O)[C@H]2CCNC2)C1. The number of benzene rings is 1. The monoisotopic (exact) mass is 495 g/mol. The van der Waals surface area contributed by atoms with Gasteiger partial charge in [-0.2, -0.15) is 0 Å². The average Bonchev–Trinajstić information content (AvgIpc) is 3.55. The van der Waals surface area contributed by atoms with Gasteiger partial charge >= 0.3 is 11.9 Å². The Kier molecular flexibility index (Phi) is 9.35. The summed E-state index contributed by atoms with van der Waals surface area (Å²) >= 11 is 0. The van der Waals surface area contributed by atoms with Crippen molar-refractivity contribution in [1.82, 2.24) is 16.0 Å². The third-order valence-electron chi connectivity index (χ3n) is 8.03. The second-order valence-corrected chi connectivity index (χ2v) is 11.0. The summed E-state index contributed by atoms with van der Waals surface area (Å²) in [5.74, 6) is -1.25. The molecular weight excluding hydrogens is 454 g/mol. The molecule has 1 aliphatic carbocycles. The highest BCUT2D eigenvalue weighted by molar-refractivity contribution is 5.71. The normalized spacial score (nSPS) is 25.8. The van der Waals surface area contributed by atoms with E-state index in [1.165, 1.54) is 11.1 Å². The largest absolute Gasteiger partial charge is 0.481 e. The molecule has 0 bridgehead atoms. The van der Waals surface area contributed by atoms with Crippen LogP contribution >= 0.6 is 0 Å². The van der Waals surface area contributed by atoms with Crippen LogP contribution in [-0.4, -0.2) is 54.9 Å². The molecule has 2 aliphatic heterocycles. The van der Waals surface area contributed by atoms with Crippen molar-refractivity contribution >= 4 is 11.9 Å². The molecular formula is C29H41N3O4. The van der Waals surface area contributed by atoms with Crippen molar-refractivity contribution in [3.05, 3.63) is 58.7 Å². The van der Waals surface area contributed by atoms with Crippen LogP contribution in [0.4, 0.5) is 0 Å². The minimum Gasteiger partial charge on any atom is -0.481 e. The number of carboxylic acid groups (broad SMARTS) is 2. The molecule has 0 radical (unpaired) electrons. The molecule has 1 aromatic rings.